The first-order valence-corrected chi connectivity index (χ1v) is 6.39. The van der Waals surface area contributed by atoms with Crippen LogP contribution in [0.2, 0.25) is 0 Å². The van der Waals surface area contributed by atoms with E-state index in [0.717, 1.165) is 12.0 Å². The molecule has 1 unspecified atom stereocenters. The zero-order chi connectivity index (χ0) is 13.4. The Balaban J connectivity index is 3.21. The SMILES string of the molecule is Cc1cc(C)c(C)c(C(O)CC(C)(C)C)c1C. The first kappa shape index (κ1) is 14.2. The van der Waals surface area contributed by atoms with E-state index in [4.69, 9.17) is 0 Å². The molecular formula is C16H26O. The molecule has 1 aromatic carbocycles. The number of aliphatic hydroxyl groups is 1. The standard InChI is InChI=1S/C16H26O/c1-10-8-11(2)13(4)15(12(10)3)14(17)9-16(5,6)7/h8,14,17H,9H2,1-7H3. The van der Waals surface area contributed by atoms with E-state index in [9.17, 15) is 5.11 Å². The van der Waals surface area contributed by atoms with Crippen LogP contribution in [0, 0.1) is 33.1 Å². The lowest BCUT2D eigenvalue weighted by atomic mass is 9.82. The van der Waals surface area contributed by atoms with Gasteiger partial charge in [-0.3, -0.25) is 0 Å². The van der Waals surface area contributed by atoms with Gasteiger partial charge in [0.2, 0.25) is 0 Å². The topological polar surface area (TPSA) is 20.2 Å². The number of aryl methyl sites for hydroxylation is 2. The van der Waals surface area contributed by atoms with Crippen molar-refractivity contribution in [3.05, 3.63) is 33.9 Å². The van der Waals surface area contributed by atoms with Gasteiger partial charge in [-0.15, -0.1) is 0 Å². The third kappa shape index (κ3) is 3.32. The minimum absolute atomic E-state index is 0.149. The maximum atomic E-state index is 10.5. The average molecular weight is 234 g/mol. The Hall–Kier alpha value is -0.820. The van der Waals surface area contributed by atoms with Crippen LogP contribution in [0.3, 0.4) is 0 Å². The normalized spacial score (nSPS) is 13.9. The van der Waals surface area contributed by atoms with Crippen molar-refractivity contribution in [2.75, 3.05) is 0 Å². The van der Waals surface area contributed by atoms with E-state index in [1.807, 2.05) is 0 Å². The highest BCUT2D eigenvalue weighted by molar-refractivity contribution is 5.45. The predicted molar refractivity (Wildman–Crippen MR) is 74.4 cm³/mol. The lowest BCUT2D eigenvalue weighted by Crippen LogP contribution is -2.14. The lowest BCUT2D eigenvalue weighted by molar-refractivity contribution is 0.121. The molecule has 1 atom stereocenters. The van der Waals surface area contributed by atoms with Crippen molar-refractivity contribution < 1.29 is 5.11 Å². The van der Waals surface area contributed by atoms with Crippen molar-refractivity contribution in [3.8, 4) is 0 Å². The summed E-state index contributed by atoms with van der Waals surface area (Å²) < 4.78 is 0. The number of aliphatic hydroxyl groups excluding tert-OH is 1. The molecule has 0 radical (unpaired) electrons. The highest BCUT2D eigenvalue weighted by Gasteiger charge is 2.22. The molecule has 0 aromatic heterocycles. The summed E-state index contributed by atoms with van der Waals surface area (Å²) in [5.74, 6) is 0. The summed E-state index contributed by atoms with van der Waals surface area (Å²) in [5, 5.41) is 10.5. The van der Waals surface area contributed by atoms with Crippen LogP contribution in [0.15, 0.2) is 6.07 Å². The number of hydrogen-bond donors (Lipinski definition) is 1. The average Bonchev–Trinajstić information content (AvgIpc) is 2.12. The molecule has 0 aliphatic carbocycles. The second kappa shape index (κ2) is 4.81. The Labute approximate surface area is 106 Å². The Morgan fingerprint density at radius 1 is 1.00 bits per heavy atom. The number of hydrogen-bond acceptors (Lipinski definition) is 1. The van der Waals surface area contributed by atoms with E-state index in [0.29, 0.717) is 0 Å². The van der Waals surface area contributed by atoms with Gasteiger partial charge in [-0.05, 0) is 67.3 Å². The highest BCUT2D eigenvalue weighted by Crippen LogP contribution is 2.34. The van der Waals surface area contributed by atoms with Crippen LogP contribution in [0.4, 0.5) is 0 Å². The third-order valence-electron chi connectivity index (χ3n) is 3.56. The summed E-state index contributed by atoms with van der Waals surface area (Å²) in [5.41, 5.74) is 6.31. The van der Waals surface area contributed by atoms with Crippen molar-refractivity contribution in [2.24, 2.45) is 5.41 Å². The van der Waals surface area contributed by atoms with Crippen LogP contribution in [-0.4, -0.2) is 5.11 Å². The minimum atomic E-state index is -0.353. The summed E-state index contributed by atoms with van der Waals surface area (Å²) in [6.07, 6.45) is 0.450. The summed E-state index contributed by atoms with van der Waals surface area (Å²) in [6.45, 7) is 15.0. The summed E-state index contributed by atoms with van der Waals surface area (Å²) in [6, 6.07) is 2.21. The molecule has 1 rings (SSSR count). The van der Waals surface area contributed by atoms with Gasteiger partial charge in [0.1, 0.15) is 0 Å². The molecule has 0 saturated carbocycles. The zero-order valence-electron chi connectivity index (χ0n) is 12.3. The van der Waals surface area contributed by atoms with Gasteiger partial charge in [0.05, 0.1) is 6.10 Å². The number of rotatable bonds is 2. The molecule has 0 heterocycles. The molecule has 0 fully saturated rings. The second-order valence-electron chi connectivity index (χ2n) is 6.45. The van der Waals surface area contributed by atoms with E-state index in [2.05, 4.69) is 54.5 Å². The van der Waals surface area contributed by atoms with E-state index < -0.39 is 0 Å². The predicted octanol–water partition coefficient (Wildman–Crippen LogP) is 4.39. The molecule has 17 heavy (non-hydrogen) atoms. The maximum absolute atomic E-state index is 10.5. The van der Waals surface area contributed by atoms with Gasteiger partial charge in [-0.1, -0.05) is 26.8 Å². The fraction of sp³-hybridized carbons (Fsp3) is 0.625. The van der Waals surface area contributed by atoms with E-state index in [-0.39, 0.29) is 11.5 Å². The number of benzene rings is 1. The fourth-order valence-corrected chi connectivity index (χ4v) is 2.43. The Bertz CT molecular complexity index is 384. The monoisotopic (exact) mass is 234 g/mol. The summed E-state index contributed by atoms with van der Waals surface area (Å²) >= 11 is 0. The van der Waals surface area contributed by atoms with Gasteiger partial charge in [-0.2, -0.15) is 0 Å². The molecule has 0 amide bonds. The molecule has 1 nitrogen and oxygen atoms in total. The van der Waals surface area contributed by atoms with Crippen LogP contribution in [0.1, 0.15) is 61.1 Å². The van der Waals surface area contributed by atoms with Crippen molar-refractivity contribution in [3.63, 3.8) is 0 Å². The molecule has 96 valence electrons. The van der Waals surface area contributed by atoms with Crippen molar-refractivity contribution >= 4 is 0 Å². The molecule has 0 bridgehead atoms. The molecule has 0 spiro atoms. The summed E-state index contributed by atoms with van der Waals surface area (Å²) in [4.78, 5) is 0. The van der Waals surface area contributed by atoms with Crippen molar-refractivity contribution in [1.29, 1.82) is 0 Å². The largest absolute Gasteiger partial charge is 0.388 e. The van der Waals surface area contributed by atoms with Crippen molar-refractivity contribution in [1.82, 2.24) is 0 Å². The molecule has 1 aromatic rings. The van der Waals surface area contributed by atoms with Gasteiger partial charge < -0.3 is 5.11 Å². The molecular weight excluding hydrogens is 208 g/mol. The quantitative estimate of drug-likeness (QED) is 0.804. The molecule has 0 aliphatic rings. The van der Waals surface area contributed by atoms with Gasteiger partial charge in [-0.25, -0.2) is 0 Å². The fourth-order valence-electron chi connectivity index (χ4n) is 2.43. The first-order valence-electron chi connectivity index (χ1n) is 6.39. The molecule has 0 saturated heterocycles. The van der Waals surface area contributed by atoms with Gasteiger partial charge >= 0.3 is 0 Å². The Kier molecular flexibility index (Phi) is 4.03. The van der Waals surface area contributed by atoms with Crippen LogP contribution < -0.4 is 0 Å². The second-order valence-corrected chi connectivity index (χ2v) is 6.45. The third-order valence-corrected chi connectivity index (χ3v) is 3.56. The summed E-state index contributed by atoms with van der Waals surface area (Å²) in [7, 11) is 0. The van der Waals surface area contributed by atoms with Gasteiger partial charge in [0, 0.05) is 0 Å². The molecule has 0 aliphatic heterocycles. The molecule has 1 N–H and O–H groups in total. The van der Waals surface area contributed by atoms with Crippen molar-refractivity contribution in [2.45, 2.75) is 61.0 Å². The lowest BCUT2D eigenvalue weighted by Gasteiger charge is -2.26. The van der Waals surface area contributed by atoms with Crippen LogP contribution in [-0.2, 0) is 0 Å². The molecule has 1 heteroatoms. The Morgan fingerprint density at radius 2 is 1.41 bits per heavy atom. The maximum Gasteiger partial charge on any atom is 0.0800 e. The Morgan fingerprint density at radius 3 is 1.76 bits per heavy atom. The van der Waals surface area contributed by atoms with E-state index >= 15 is 0 Å². The van der Waals surface area contributed by atoms with Gasteiger partial charge in [0.25, 0.3) is 0 Å². The first-order chi connectivity index (χ1) is 7.63. The zero-order valence-corrected chi connectivity index (χ0v) is 12.3. The highest BCUT2D eigenvalue weighted by atomic mass is 16.3. The van der Waals surface area contributed by atoms with Crippen LogP contribution in [0.5, 0.6) is 0 Å². The van der Waals surface area contributed by atoms with Crippen LogP contribution in [0.25, 0.3) is 0 Å². The van der Waals surface area contributed by atoms with Gasteiger partial charge in [0.15, 0.2) is 0 Å². The van der Waals surface area contributed by atoms with E-state index in [1.165, 1.54) is 22.3 Å². The van der Waals surface area contributed by atoms with E-state index in [1.54, 1.807) is 0 Å². The minimum Gasteiger partial charge on any atom is -0.388 e. The smallest absolute Gasteiger partial charge is 0.0800 e. The van der Waals surface area contributed by atoms with Crippen LogP contribution >= 0.6 is 0 Å².